The van der Waals surface area contributed by atoms with Crippen LogP contribution in [0.15, 0.2) is 54.9 Å². The molecule has 1 aromatic carbocycles. The molecule has 1 N–H and O–H groups in total. The molecule has 2 atom stereocenters. The number of rotatable bonds is 6. The highest BCUT2D eigenvalue weighted by molar-refractivity contribution is 5.92. The zero-order valence-corrected chi connectivity index (χ0v) is 16.0. The van der Waals surface area contributed by atoms with Crippen molar-refractivity contribution >= 4 is 11.8 Å². The number of nitrogens with zero attached hydrogens (tertiary/aromatic N) is 3. The van der Waals surface area contributed by atoms with Gasteiger partial charge in [0.2, 0.25) is 11.8 Å². The molecule has 0 radical (unpaired) electrons. The molecule has 2 unspecified atom stereocenters. The van der Waals surface area contributed by atoms with Crippen molar-refractivity contribution in [3.63, 3.8) is 0 Å². The highest BCUT2D eigenvalue weighted by atomic mass is 16.2. The summed E-state index contributed by atoms with van der Waals surface area (Å²) in [6.45, 7) is 4.63. The molecule has 6 nitrogen and oxygen atoms in total. The van der Waals surface area contributed by atoms with Gasteiger partial charge >= 0.3 is 0 Å². The molecule has 146 valence electrons. The molecule has 0 bridgehead atoms. The van der Waals surface area contributed by atoms with Gasteiger partial charge in [0.15, 0.2) is 0 Å². The number of piperazine rings is 1. The van der Waals surface area contributed by atoms with E-state index < -0.39 is 0 Å². The summed E-state index contributed by atoms with van der Waals surface area (Å²) in [7, 11) is 0. The maximum absolute atomic E-state index is 12.7. The lowest BCUT2D eigenvalue weighted by Gasteiger charge is -2.35. The van der Waals surface area contributed by atoms with E-state index >= 15 is 0 Å². The molecule has 2 aromatic rings. The normalized spacial score (nSPS) is 21.9. The molecule has 2 aliphatic rings. The van der Waals surface area contributed by atoms with Crippen molar-refractivity contribution in [2.45, 2.75) is 19.5 Å². The second kappa shape index (κ2) is 8.52. The van der Waals surface area contributed by atoms with E-state index in [1.165, 1.54) is 5.56 Å². The second-order valence-corrected chi connectivity index (χ2v) is 7.61. The minimum atomic E-state index is -0.175. The lowest BCUT2D eigenvalue weighted by Crippen LogP contribution is -2.49. The SMILES string of the molecule is O=C(NCc1cccnc1)C1CC1C(=O)N1CCN(Cc2ccccc2)CC1. The molecule has 1 aliphatic carbocycles. The van der Waals surface area contributed by atoms with E-state index in [4.69, 9.17) is 0 Å². The standard InChI is InChI=1S/C22H26N4O2/c27-21(24-15-18-7-4-8-23-14-18)19-13-20(19)22(28)26-11-9-25(10-12-26)16-17-5-2-1-3-6-17/h1-8,14,19-20H,9-13,15-16H2,(H,24,27). The number of hydrogen-bond acceptors (Lipinski definition) is 4. The molecule has 1 aliphatic heterocycles. The summed E-state index contributed by atoms with van der Waals surface area (Å²) in [6, 6.07) is 14.2. The zero-order chi connectivity index (χ0) is 19.3. The van der Waals surface area contributed by atoms with Crippen LogP contribution >= 0.6 is 0 Å². The molecule has 1 saturated carbocycles. The van der Waals surface area contributed by atoms with E-state index in [0.29, 0.717) is 13.0 Å². The predicted octanol–water partition coefficient (Wildman–Crippen LogP) is 1.68. The smallest absolute Gasteiger partial charge is 0.226 e. The summed E-state index contributed by atoms with van der Waals surface area (Å²) in [5.41, 5.74) is 2.27. The maximum Gasteiger partial charge on any atom is 0.226 e. The molecule has 1 saturated heterocycles. The molecular formula is C22H26N4O2. The Hall–Kier alpha value is -2.73. The number of hydrogen-bond donors (Lipinski definition) is 1. The fourth-order valence-electron chi connectivity index (χ4n) is 3.78. The molecule has 4 rings (SSSR count). The Morgan fingerprint density at radius 2 is 1.71 bits per heavy atom. The molecular weight excluding hydrogens is 352 g/mol. The lowest BCUT2D eigenvalue weighted by molar-refractivity contribution is -0.136. The van der Waals surface area contributed by atoms with Gasteiger partial charge in [-0.3, -0.25) is 19.5 Å². The van der Waals surface area contributed by atoms with Crippen molar-refractivity contribution in [1.29, 1.82) is 0 Å². The van der Waals surface area contributed by atoms with Gasteiger partial charge in [0.25, 0.3) is 0 Å². The average Bonchev–Trinajstić information content (AvgIpc) is 3.55. The number of pyridine rings is 1. The Kier molecular flexibility index (Phi) is 5.67. The van der Waals surface area contributed by atoms with Crippen molar-refractivity contribution in [3.8, 4) is 0 Å². The summed E-state index contributed by atoms with van der Waals surface area (Å²) in [6.07, 6.45) is 4.12. The molecule has 6 heteroatoms. The van der Waals surface area contributed by atoms with Crippen molar-refractivity contribution in [3.05, 3.63) is 66.0 Å². The van der Waals surface area contributed by atoms with Crippen molar-refractivity contribution < 1.29 is 9.59 Å². The number of amides is 2. The average molecular weight is 378 g/mol. The van der Waals surface area contributed by atoms with E-state index in [1.807, 2.05) is 23.1 Å². The van der Waals surface area contributed by atoms with Crippen LogP contribution in [-0.2, 0) is 22.7 Å². The molecule has 28 heavy (non-hydrogen) atoms. The fourth-order valence-corrected chi connectivity index (χ4v) is 3.78. The zero-order valence-electron chi connectivity index (χ0n) is 16.0. The summed E-state index contributed by atoms with van der Waals surface area (Å²) in [4.78, 5) is 33.4. The Morgan fingerprint density at radius 1 is 0.964 bits per heavy atom. The van der Waals surface area contributed by atoms with E-state index in [9.17, 15) is 9.59 Å². The Bertz CT molecular complexity index is 804. The van der Waals surface area contributed by atoms with Crippen LogP contribution in [0.3, 0.4) is 0 Å². The molecule has 2 fully saturated rings. The number of carbonyl (C=O) groups excluding carboxylic acids is 2. The van der Waals surface area contributed by atoms with E-state index in [2.05, 4.69) is 39.5 Å². The molecule has 0 spiro atoms. The van der Waals surface area contributed by atoms with Gasteiger partial charge in [0, 0.05) is 51.7 Å². The number of carbonyl (C=O) groups is 2. The highest BCUT2D eigenvalue weighted by Gasteiger charge is 2.49. The summed E-state index contributed by atoms with van der Waals surface area (Å²) in [5.74, 6) is -0.202. The van der Waals surface area contributed by atoms with Crippen molar-refractivity contribution in [2.75, 3.05) is 26.2 Å². The van der Waals surface area contributed by atoms with E-state index in [-0.39, 0.29) is 23.7 Å². The topological polar surface area (TPSA) is 65.5 Å². The third kappa shape index (κ3) is 4.57. The predicted molar refractivity (Wildman–Crippen MR) is 106 cm³/mol. The number of benzene rings is 1. The Balaban J connectivity index is 1.20. The van der Waals surface area contributed by atoms with Gasteiger partial charge in [0.1, 0.15) is 0 Å². The van der Waals surface area contributed by atoms with E-state index in [0.717, 1.165) is 38.3 Å². The first-order valence-corrected chi connectivity index (χ1v) is 9.92. The van der Waals surface area contributed by atoms with Gasteiger partial charge in [-0.25, -0.2) is 0 Å². The first kappa shape index (κ1) is 18.6. The third-order valence-corrected chi connectivity index (χ3v) is 5.57. The number of aromatic nitrogens is 1. The van der Waals surface area contributed by atoms with Crippen LogP contribution in [0.4, 0.5) is 0 Å². The van der Waals surface area contributed by atoms with Crippen LogP contribution in [0.5, 0.6) is 0 Å². The molecule has 1 aromatic heterocycles. The van der Waals surface area contributed by atoms with Crippen molar-refractivity contribution in [2.24, 2.45) is 11.8 Å². The minimum absolute atomic E-state index is 0.0232. The Morgan fingerprint density at radius 3 is 2.43 bits per heavy atom. The number of nitrogens with one attached hydrogen (secondary N) is 1. The van der Waals surface area contributed by atoms with Gasteiger partial charge < -0.3 is 10.2 Å². The summed E-state index contributed by atoms with van der Waals surface area (Å²) < 4.78 is 0. The van der Waals surface area contributed by atoms with Crippen LogP contribution in [0.2, 0.25) is 0 Å². The van der Waals surface area contributed by atoms with Gasteiger partial charge in [-0.15, -0.1) is 0 Å². The Labute approximate surface area is 165 Å². The minimum Gasteiger partial charge on any atom is -0.352 e. The highest BCUT2D eigenvalue weighted by Crippen LogP contribution is 2.40. The third-order valence-electron chi connectivity index (χ3n) is 5.57. The van der Waals surface area contributed by atoms with Gasteiger partial charge in [0.05, 0.1) is 11.8 Å². The quantitative estimate of drug-likeness (QED) is 0.831. The van der Waals surface area contributed by atoms with Crippen LogP contribution in [0, 0.1) is 11.8 Å². The van der Waals surface area contributed by atoms with Gasteiger partial charge in [-0.2, -0.15) is 0 Å². The summed E-state index contributed by atoms with van der Waals surface area (Å²) >= 11 is 0. The van der Waals surface area contributed by atoms with Crippen LogP contribution in [0.1, 0.15) is 17.5 Å². The first-order chi connectivity index (χ1) is 13.7. The summed E-state index contributed by atoms with van der Waals surface area (Å²) in [5, 5.41) is 2.93. The molecule has 2 amide bonds. The van der Waals surface area contributed by atoms with Crippen LogP contribution < -0.4 is 5.32 Å². The van der Waals surface area contributed by atoms with Gasteiger partial charge in [-0.1, -0.05) is 36.4 Å². The van der Waals surface area contributed by atoms with Crippen LogP contribution in [-0.4, -0.2) is 52.8 Å². The van der Waals surface area contributed by atoms with Crippen LogP contribution in [0.25, 0.3) is 0 Å². The lowest BCUT2D eigenvalue weighted by atomic mass is 10.2. The monoisotopic (exact) mass is 378 g/mol. The van der Waals surface area contributed by atoms with Gasteiger partial charge in [-0.05, 0) is 23.6 Å². The first-order valence-electron chi connectivity index (χ1n) is 9.92. The fraction of sp³-hybridized carbons (Fsp3) is 0.409. The van der Waals surface area contributed by atoms with E-state index in [1.54, 1.807) is 12.4 Å². The van der Waals surface area contributed by atoms with Crippen molar-refractivity contribution in [1.82, 2.24) is 20.1 Å². The largest absolute Gasteiger partial charge is 0.352 e. The maximum atomic E-state index is 12.7. The second-order valence-electron chi connectivity index (χ2n) is 7.61. The molecule has 2 heterocycles.